The molecule has 0 saturated carbocycles. The zero-order valence-electron chi connectivity index (χ0n) is 14.0. The van der Waals surface area contributed by atoms with E-state index >= 15 is 0 Å². The van der Waals surface area contributed by atoms with Gasteiger partial charge in [0.2, 0.25) is 5.91 Å². The van der Waals surface area contributed by atoms with Gasteiger partial charge in [-0.3, -0.25) is 4.79 Å². The van der Waals surface area contributed by atoms with Crippen LogP contribution in [0.2, 0.25) is 5.02 Å². The molecule has 3 rings (SSSR count). The summed E-state index contributed by atoms with van der Waals surface area (Å²) in [6.45, 7) is 0.399. The van der Waals surface area contributed by atoms with Crippen molar-refractivity contribution < 1.29 is 9.59 Å². The number of benzene rings is 2. The number of nitrogens with one attached hydrogen (secondary N) is 4. The number of hydrogen-bond acceptors (Lipinski definition) is 4. The third kappa shape index (κ3) is 4.72. The first-order valence-corrected chi connectivity index (χ1v) is 8.58. The third-order valence-electron chi connectivity index (χ3n) is 4.16. The van der Waals surface area contributed by atoms with Crippen LogP contribution >= 0.6 is 11.6 Å². The van der Waals surface area contributed by atoms with Crippen LogP contribution in [0.3, 0.4) is 0 Å². The molecule has 1 saturated heterocycles. The van der Waals surface area contributed by atoms with Gasteiger partial charge in [0.25, 0.3) is 0 Å². The van der Waals surface area contributed by atoms with Crippen LogP contribution in [-0.2, 0) is 11.3 Å². The molecule has 3 amide bonds. The van der Waals surface area contributed by atoms with E-state index in [1.807, 2.05) is 36.4 Å². The second-order valence-corrected chi connectivity index (χ2v) is 6.52. The van der Waals surface area contributed by atoms with Crippen LogP contribution in [-0.4, -0.2) is 18.0 Å². The molecule has 2 atom stereocenters. The normalized spacial score (nSPS) is 19.1. The molecule has 136 valence electrons. The Morgan fingerprint density at radius 1 is 1.15 bits per heavy atom. The molecule has 0 bridgehead atoms. The molecule has 0 radical (unpaired) electrons. The Morgan fingerprint density at radius 3 is 2.62 bits per heavy atom. The summed E-state index contributed by atoms with van der Waals surface area (Å²) in [4.78, 5) is 23.2. The quantitative estimate of drug-likeness (QED) is 0.552. The number of carbonyl (C=O) groups is 2. The molecule has 2 aromatic carbocycles. The van der Waals surface area contributed by atoms with E-state index in [1.54, 1.807) is 12.1 Å². The summed E-state index contributed by atoms with van der Waals surface area (Å²) in [7, 11) is 0. The maximum absolute atomic E-state index is 12.4. The lowest BCUT2D eigenvalue weighted by Crippen LogP contribution is -2.42. The zero-order chi connectivity index (χ0) is 18.5. The highest BCUT2D eigenvalue weighted by Crippen LogP contribution is 2.24. The molecule has 1 aliphatic rings. The lowest BCUT2D eigenvalue weighted by Gasteiger charge is -2.11. The van der Waals surface area contributed by atoms with E-state index in [9.17, 15) is 9.59 Å². The van der Waals surface area contributed by atoms with Crippen molar-refractivity contribution in [1.82, 2.24) is 16.2 Å². The second-order valence-electron chi connectivity index (χ2n) is 6.09. The number of anilines is 1. The highest BCUT2D eigenvalue weighted by Gasteiger charge is 2.29. The molecular formula is C18H20ClN5O2. The lowest BCUT2D eigenvalue weighted by atomic mass is 10.0. The van der Waals surface area contributed by atoms with E-state index in [0.29, 0.717) is 23.7 Å². The minimum absolute atomic E-state index is 0.0311. The average molecular weight is 374 g/mol. The van der Waals surface area contributed by atoms with Gasteiger partial charge in [-0.1, -0.05) is 35.9 Å². The number of primary amides is 1. The maximum Gasteiger partial charge on any atom is 0.316 e. The fourth-order valence-electron chi connectivity index (χ4n) is 2.83. The largest absolute Gasteiger partial charge is 0.351 e. The van der Waals surface area contributed by atoms with Crippen molar-refractivity contribution in [2.24, 2.45) is 5.73 Å². The SMILES string of the molecule is NC(=O)Nc1ccc(CNC(=O)C2CC(c3cccc(Cl)c3)NN2)cc1. The van der Waals surface area contributed by atoms with E-state index in [4.69, 9.17) is 17.3 Å². The predicted molar refractivity (Wildman–Crippen MR) is 100 cm³/mol. The van der Waals surface area contributed by atoms with Crippen molar-refractivity contribution in [1.29, 1.82) is 0 Å². The number of rotatable bonds is 5. The number of hydrazine groups is 1. The van der Waals surface area contributed by atoms with Crippen molar-refractivity contribution in [3.8, 4) is 0 Å². The second kappa shape index (κ2) is 8.18. The molecule has 2 unspecified atom stereocenters. The highest BCUT2D eigenvalue weighted by atomic mass is 35.5. The fourth-order valence-corrected chi connectivity index (χ4v) is 3.03. The van der Waals surface area contributed by atoms with Gasteiger partial charge in [0.1, 0.15) is 6.04 Å². The molecule has 26 heavy (non-hydrogen) atoms. The topological polar surface area (TPSA) is 108 Å². The van der Waals surface area contributed by atoms with Crippen molar-refractivity contribution in [2.75, 3.05) is 5.32 Å². The summed E-state index contributed by atoms with van der Waals surface area (Å²) in [5.74, 6) is -0.0821. The molecule has 1 aliphatic heterocycles. The fraction of sp³-hybridized carbons (Fsp3) is 0.222. The van der Waals surface area contributed by atoms with E-state index in [-0.39, 0.29) is 18.0 Å². The van der Waals surface area contributed by atoms with Crippen molar-refractivity contribution in [3.63, 3.8) is 0 Å². The number of amides is 3. The zero-order valence-corrected chi connectivity index (χ0v) is 14.7. The molecule has 2 aromatic rings. The monoisotopic (exact) mass is 373 g/mol. The van der Waals surface area contributed by atoms with Gasteiger partial charge in [-0.15, -0.1) is 0 Å². The predicted octanol–water partition coefficient (Wildman–Crippen LogP) is 2.05. The standard InChI is InChI=1S/C18H20ClN5O2/c19-13-3-1-2-12(8-13)15-9-16(24-23-15)17(25)21-10-11-4-6-14(7-5-11)22-18(20)26/h1-8,15-16,23-24H,9-10H2,(H,21,25)(H3,20,22,26). The first kappa shape index (κ1) is 18.2. The summed E-state index contributed by atoms with van der Waals surface area (Å²) in [6.07, 6.45) is 0.633. The summed E-state index contributed by atoms with van der Waals surface area (Å²) in [6, 6.07) is 13.8. The van der Waals surface area contributed by atoms with Crippen molar-refractivity contribution in [3.05, 3.63) is 64.7 Å². The Bertz CT molecular complexity index is 796. The molecule has 0 spiro atoms. The number of urea groups is 1. The van der Waals surface area contributed by atoms with Gasteiger partial charge in [0.05, 0.1) is 0 Å². The van der Waals surface area contributed by atoms with Gasteiger partial charge < -0.3 is 16.4 Å². The molecule has 7 nitrogen and oxygen atoms in total. The molecular weight excluding hydrogens is 354 g/mol. The first-order valence-electron chi connectivity index (χ1n) is 8.21. The van der Waals surface area contributed by atoms with Crippen LogP contribution in [0.25, 0.3) is 0 Å². The summed E-state index contributed by atoms with van der Waals surface area (Å²) in [5, 5.41) is 6.07. The van der Waals surface area contributed by atoms with Crippen LogP contribution in [0, 0.1) is 0 Å². The van der Waals surface area contributed by atoms with Crippen LogP contribution < -0.4 is 27.2 Å². The molecule has 0 aliphatic carbocycles. The average Bonchev–Trinajstić information content (AvgIpc) is 3.11. The van der Waals surface area contributed by atoms with Gasteiger partial charge >= 0.3 is 6.03 Å². The Hall–Kier alpha value is -2.61. The molecule has 6 N–H and O–H groups in total. The Morgan fingerprint density at radius 2 is 1.92 bits per heavy atom. The molecule has 1 heterocycles. The number of nitrogens with two attached hydrogens (primary N) is 1. The van der Waals surface area contributed by atoms with Crippen LogP contribution in [0.4, 0.5) is 10.5 Å². The summed E-state index contributed by atoms with van der Waals surface area (Å²) >= 11 is 6.02. The Labute approximate surface area is 156 Å². The van der Waals surface area contributed by atoms with Crippen LogP contribution in [0.5, 0.6) is 0 Å². The van der Waals surface area contributed by atoms with Gasteiger partial charge in [0, 0.05) is 23.3 Å². The highest BCUT2D eigenvalue weighted by molar-refractivity contribution is 6.30. The Balaban J connectivity index is 1.50. The number of carbonyl (C=O) groups excluding carboxylic acids is 2. The first-order chi connectivity index (χ1) is 12.5. The van der Waals surface area contributed by atoms with Crippen LogP contribution in [0.1, 0.15) is 23.6 Å². The van der Waals surface area contributed by atoms with Gasteiger partial charge in [0.15, 0.2) is 0 Å². The number of halogens is 1. The van der Waals surface area contributed by atoms with Crippen molar-refractivity contribution >= 4 is 29.2 Å². The minimum atomic E-state index is -0.611. The van der Waals surface area contributed by atoms with Crippen LogP contribution in [0.15, 0.2) is 48.5 Å². The molecule has 1 fully saturated rings. The van der Waals surface area contributed by atoms with Gasteiger partial charge in [-0.2, -0.15) is 0 Å². The van der Waals surface area contributed by atoms with Gasteiger partial charge in [-0.05, 0) is 41.8 Å². The van der Waals surface area contributed by atoms with E-state index < -0.39 is 6.03 Å². The number of hydrogen-bond donors (Lipinski definition) is 5. The smallest absolute Gasteiger partial charge is 0.316 e. The van der Waals surface area contributed by atoms with Crippen molar-refractivity contribution in [2.45, 2.75) is 25.0 Å². The van der Waals surface area contributed by atoms with Gasteiger partial charge in [-0.25, -0.2) is 15.6 Å². The van der Waals surface area contributed by atoms with E-state index in [1.165, 1.54) is 0 Å². The molecule has 8 heteroatoms. The molecule has 0 aromatic heterocycles. The van der Waals surface area contributed by atoms with E-state index in [0.717, 1.165) is 11.1 Å². The maximum atomic E-state index is 12.4. The van der Waals surface area contributed by atoms with E-state index in [2.05, 4.69) is 21.5 Å². The summed E-state index contributed by atoms with van der Waals surface area (Å²) in [5.41, 5.74) is 13.8. The third-order valence-corrected chi connectivity index (χ3v) is 4.39. The lowest BCUT2D eigenvalue weighted by molar-refractivity contribution is -0.123. The summed E-state index contributed by atoms with van der Waals surface area (Å²) < 4.78 is 0. The Kier molecular flexibility index (Phi) is 5.72. The minimum Gasteiger partial charge on any atom is -0.351 e.